The van der Waals surface area contributed by atoms with E-state index >= 15 is 0 Å². The van der Waals surface area contributed by atoms with Gasteiger partial charge in [0, 0.05) is 38.8 Å². The van der Waals surface area contributed by atoms with Crippen molar-refractivity contribution in [3.05, 3.63) is 179 Å². The summed E-state index contributed by atoms with van der Waals surface area (Å²) in [5.74, 6) is 3.40. The average molecular weight is 713 g/mol. The lowest BCUT2D eigenvalue weighted by Gasteiger charge is -2.38. The van der Waals surface area contributed by atoms with E-state index in [4.69, 9.17) is 18.9 Å². The maximum Gasteiger partial charge on any atom is 0.178 e. The zero-order chi connectivity index (χ0) is 36.8. The van der Waals surface area contributed by atoms with Crippen LogP contribution in [0.5, 0.6) is 23.0 Å². The fourth-order valence-electron chi connectivity index (χ4n) is 7.77. The van der Waals surface area contributed by atoms with E-state index in [9.17, 15) is 0 Å². The first-order valence-corrected chi connectivity index (χ1v) is 19.6. The first-order chi connectivity index (χ1) is 26.6. The number of ether oxygens (including phenoxy) is 4. The highest BCUT2D eigenvalue weighted by Crippen LogP contribution is 2.49. The predicted molar refractivity (Wildman–Crippen MR) is 221 cm³/mol. The number of unbranched alkanes of at least 4 members (excludes halogenated alkanes) is 4. The molecule has 2 atom stereocenters. The van der Waals surface area contributed by atoms with E-state index in [1.807, 2.05) is 12.1 Å². The molecule has 8 rings (SSSR count). The predicted octanol–water partition coefficient (Wildman–Crippen LogP) is 12.7. The molecular weight excluding hydrogens is 665 g/mol. The van der Waals surface area contributed by atoms with E-state index in [2.05, 4.69) is 159 Å². The minimum absolute atomic E-state index is 0.725. The van der Waals surface area contributed by atoms with Crippen molar-refractivity contribution in [1.82, 2.24) is 0 Å². The molecule has 2 aliphatic heterocycles. The first-order valence-electron chi connectivity index (χ1n) is 19.6. The molecule has 4 heteroatoms. The Morgan fingerprint density at radius 3 is 1.26 bits per heavy atom. The minimum atomic E-state index is -0.807. The van der Waals surface area contributed by atoms with Crippen LogP contribution in [0.25, 0.3) is 22.9 Å². The molecule has 2 unspecified atom stereocenters. The van der Waals surface area contributed by atoms with Gasteiger partial charge in [-0.3, -0.25) is 0 Å². The molecule has 0 amide bonds. The first kappa shape index (κ1) is 35.3. The van der Waals surface area contributed by atoms with Crippen LogP contribution in [0.4, 0.5) is 0 Å². The molecule has 0 aliphatic carbocycles. The molecule has 272 valence electrons. The van der Waals surface area contributed by atoms with Gasteiger partial charge in [0.15, 0.2) is 11.2 Å². The van der Waals surface area contributed by atoms with Gasteiger partial charge >= 0.3 is 0 Å². The summed E-state index contributed by atoms with van der Waals surface area (Å²) < 4.78 is 26.5. The Balaban J connectivity index is 1.16. The van der Waals surface area contributed by atoms with Crippen LogP contribution in [0.15, 0.2) is 146 Å². The fraction of sp³-hybridized carbons (Fsp3) is 0.240. The van der Waals surface area contributed by atoms with Crippen LogP contribution >= 0.6 is 0 Å². The van der Waals surface area contributed by atoms with E-state index in [-0.39, 0.29) is 0 Å². The third kappa shape index (κ3) is 6.78. The lowest BCUT2D eigenvalue weighted by molar-refractivity contribution is 0.160. The van der Waals surface area contributed by atoms with Gasteiger partial charge in [0.1, 0.15) is 23.0 Å². The largest absolute Gasteiger partial charge is 0.494 e. The van der Waals surface area contributed by atoms with Crippen LogP contribution in [0, 0.1) is 0 Å². The van der Waals surface area contributed by atoms with Crippen LogP contribution in [0.2, 0.25) is 0 Å². The second kappa shape index (κ2) is 15.7. The molecule has 0 N–H and O–H groups in total. The Hall–Kier alpha value is -5.74. The minimum Gasteiger partial charge on any atom is -0.494 e. The lowest BCUT2D eigenvalue weighted by Crippen LogP contribution is -2.34. The van der Waals surface area contributed by atoms with Crippen molar-refractivity contribution in [2.75, 3.05) is 13.2 Å². The fourth-order valence-corrected chi connectivity index (χ4v) is 7.77. The molecule has 0 bridgehead atoms. The van der Waals surface area contributed by atoms with E-state index in [1.165, 1.54) is 25.7 Å². The van der Waals surface area contributed by atoms with Crippen LogP contribution < -0.4 is 18.9 Å². The zero-order valence-electron chi connectivity index (χ0n) is 31.3. The van der Waals surface area contributed by atoms with Gasteiger partial charge in [0.2, 0.25) is 0 Å². The third-order valence-corrected chi connectivity index (χ3v) is 10.7. The van der Waals surface area contributed by atoms with Gasteiger partial charge in [-0.05, 0) is 78.9 Å². The van der Waals surface area contributed by atoms with Crippen LogP contribution in [-0.2, 0) is 11.2 Å². The molecule has 6 aromatic rings. The summed E-state index contributed by atoms with van der Waals surface area (Å²) in [6.45, 7) is 5.87. The van der Waals surface area contributed by atoms with Crippen LogP contribution in [0.3, 0.4) is 0 Å². The van der Waals surface area contributed by atoms with Gasteiger partial charge < -0.3 is 18.9 Å². The smallest absolute Gasteiger partial charge is 0.178 e. The maximum atomic E-state index is 7.17. The van der Waals surface area contributed by atoms with Crippen molar-refractivity contribution < 1.29 is 18.9 Å². The van der Waals surface area contributed by atoms with Crippen molar-refractivity contribution in [3.63, 3.8) is 0 Å². The Labute approximate surface area is 319 Å². The molecule has 0 saturated heterocycles. The number of rotatable bonds is 14. The van der Waals surface area contributed by atoms with Crippen LogP contribution in [-0.4, -0.2) is 13.2 Å². The third-order valence-electron chi connectivity index (χ3n) is 10.7. The molecular formula is C50H48O4. The summed E-state index contributed by atoms with van der Waals surface area (Å²) in [5, 5.41) is 2.23. The number of hydrogen-bond acceptors (Lipinski definition) is 4. The number of hydrogen-bond donors (Lipinski definition) is 0. The van der Waals surface area contributed by atoms with E-state index in [1.54, 1.807) is 0 Å². The van der Waals surface area contributed by atoms with Crippen molar-refractivity contribution >= 4 is 22.9 Å². The molecule has 0 aromatic heterocycles. The second-order valence-electron chi connectivity index (χ2n) is 14.3. The molecule has 0 fully saturated rings. The van der Waals surface area contributed by atoms with Gasteiger partial charge in [-0.25, -0.2) is 0 Å². The molecule has 0 radical (unpaired) electrons. The highest BCUT2D eigenvalue weighted by molar-refractivity contribution is 6.02. The monoisotopic (exact) mass is 712 g/mol. The van der Waals surface area contributed by atoms with Gasteiger partial charge in [-0.1, -0.05) is 137 Å². The molecule has 54 heavy (non-hydrogen) atoms. The van der Waals surface area contributed by atoms with Gasteiger partial charge in [-0.2, -0.15) is 0 Å². The molecule has 2 aliphatic rings. The van der Waals surface area contributed by atoms with Crippen LogP contribution in [0.1, 0.15) is 85.8 Å². The summed E-state index contributed by atoms with van der Waals surface area (Å²) >= 11 is 0. The quantitative estimate of drug-likeness (QED) is 0.105. The summed E-state index contributed by atoms with van der Waals surface area (Å²) in [6.07, 6.45) is 15.7. The highest BCUT2D eigenvalue weighted by atomic mass is 16.5. The topological polar surface area (TPSA) is 36.9 Å². The number of fused-ring (bicyclic) bond motifs is 5. The average Bonchev–Trinajstić information content (AvgIpc) is 3.24. The molecule has 4 nitrogen and oxygen atoms in total. The summed E-state index contributed by atoms with van der Waals surface area (Å²) in [7, 11) is 0. The zero-order valence-corrected chi connectivity index (χ0v) is 31.3. The van der Waals surface area contributed by atoms with Gasteiger partial charge in [0.25, 0.3) is 0 Å². The number of benzene rings is 6. The van der Waals surface area contributed by atoms with Crippen molar-refractivity contribution in [1.29, 1.82) is 0 Å². The maximum absolute atomic E-state index is 7.17. The SMILES string of the molecule is CCCCCOc1ccc(C2(c3ccccc3)C=Cc3c(ccc4ccc5c(c34)C=CC(c3ccccc3)(c3ccc(OCCCCC)cc3)O5)O2)cc1. The molecule has 6 aromatic carbocycles. The standard InChI is InChI=1S/C50H48O4/c1-3-5-13-35-51-42-25-21-40(22-26-42)49(38-15-9-7-10-16-38)33-31-44-46(53-49)29-19-37-20-30-47-45(48(37)44)32-34-50(54-47,39-17-11-8-12-18-39)41-23-27-43(28-24-41)52-36-14-6-4-2/h7-12,15-34H,3-6,13-14,35-36H2,1-2H3. The Morgan fingerprint density at radius 1 is 0.444 bits per heavy atom. The molecule has 0 spiro atoms. The molecule has 0 saturated carbocycles. The summed E-state index contributed by atoms with van der Waals surface area (Å²) in [6, 6.07) is 46.2. The molecule has 2 heterocycles. The van der Waals surface area contributed by atoms with Crippen molar-refractivity contribution in [3.8, 4) is 23.0 Å². The summed E-state index contributed by atoms with van der Waals surface area (Å²) in [5.41, 5.74) is 4.67. The van der Waals surface area contributed by atoms with E-state index in [0.29, 0.717) is 0 Å². The van der Waals surface area contributed by atoms with Gasteiger partial charge in [-0.15, -0.1) is 0 Å². The van der Waals surface area contributed by atoms with E-state index in [0.717, 1.165) is 93.2 Å². The van der Waals surface area contributed by atoms with Crippen molar-refractivity contribution in [2.45, 2.75) is 63.6 Å². The summed E-state index contributed by atoms with van der Waals surface area (Å²) in [4.78, 5) is 0. The normalized spacial score (nSPS) is 18.3. The lowest BCUT2D eigenvalue weighted by atomic mass is 9.81. The Bertz CT molecular complexity index is 2080. The van der Waals surface area contributed by atoms with E-state index < -0.39 is 11.2 Å². The highest BCUT2D eigenvalue weighted by Gasteiger charge is 2.40. The second-order valence-corrected chi connectivity index (χ2v) is 14.3. The Morgan fingerprint density at radius 2 is 0.852 bits per heavy atom. The Kier molecular flexibility index (Phi) is 10.3. The van der Waals surface area contributed by atoms with Crippen molar-refractivity contribution in [2.24, 2.45) is 0 Å². The van der Waals surface area contributed by atoms with Gasteiger partial charge in [0.05, 0.1) is 13.2 Å².